The number of anilines is 2. The number of halogens is 3. The molecule has 0 fully saturated rings. The van der Waals surface area contributed by atoms with E-state index >= 15 is 0 Å². The second kappa shape index (κ2) is 4.71. The van der Waals surface area contributed by atoms with Crippen molar-refractivity contribution in [1.29, 1.82) is 0 Å². The van der Waals surface area contributed by atoms with Crippen LogP contribution in [0, 0.1) is 0 Å². The lowest BCUT2D eigenvalue weighted by molar-refractivity contribution is -0.136. The van der Waals surface area contributed by atoms with E-state index < -0.39 is 11.7 Å². The van der Waals surface area contributed by atoms with Crippen molar-refractivity contribution in [2.45, 2.75) is 38.9 Å². The molecule has 0 amide bonds. The van der Waals surface area contributed by atoms with E-state index in [1.807, 2.05) is 25.7 Å². The molecule has 0 spiro atoms. The van der Waals surface area contributed by atoms with Gasteiger partial charge in [0.2, 0.25) is 0 Å². The predicted molar refractivity (Wildman–Crippen MR) is 68.6 cm³/mol. The average Bonchev–Trinajstić information content (AvgIpc) is 2.27. The lowest BCUT2D eigenvalue weighted by Crippen LogP contribution is -2.40. The van der Waals surface area contributed by atoms with Crippen LogP contribution >= 0.6 is 0 Å². The van der Waals surface area contributed by atoms with E-state index in [1.54, 1.807) is 13.1 Å². The van der Waals surface area contributed by atoms with Crippen molar-refractivity contribution in [3.63, 3.8) is 0 Å². The van der Waals surface area contributed by atoms with Gasteiger partial charge < -0.3 is 10.6 Å². The number of nitrogens with two attached hydrogens (primary N) is 1. The minimum atomic E-state index is -4.42. The van der Waals surface area contributed by atoms with Crippen molar-refractivity contribution in [3.8, 4) is 0 Å². The van der Waals surface area contributed by atoms with Gasteiger partial charge in [-0.1, -0.05) is 6.92 Å². The molecule has 1 aromatic rings. The van der Waals surface area contributed by atoms with Gasteiger partial charge in [0.25, 0.3) is 0 Å². The molecule has 0 heterocycles. The molecule has 2 nitrogen and oxygen atoms in total. The van der Waals surface area contributed by atoms with Gasteiger partial charge in [0.15, 0.2) is 0 Å². The molecule has 0 atom stereocenters. The molecule has 5 heteroatoms. The highest BCUT2D eigenvalue weighted by Gasteiger charge is 2.34. The number of hydrogen-bond donors (Lipinski definition) is 1. The molecule has 0 saturated carbocycles. The first-order valence-corrected chi connectivity index (χ1v) is 5.80. The third-order valence-electron chi connectivity index (χ3n) is 3.50. The van der Waals surface area contributed by atoms with Gasteiger partial charge in [-0.25, -0.2) is 0 Å². The zero-order valence-electron chi connectivity index (χ0n) is 11.1. The minimum absolute atomic E-state index is 0.209. The van der Waals surface area contributed by atoms with E-state index in [1.165, 1.54) is 6.07 Å². The van der Waals surface area contributed by atoms with Crippen LogP contribution < -0.4 is 10.6 Å². The van der Waals surface area contributed by atoms with Crippen LogP contribution in [0.1, 0.15) is 32.8 Å². The summed E-state index contributed by atoms with van der Waals surface area (Å²) in [7, 11) is 1.79. The van der Waals surface area contributed by atoms with Crippen molar-refractivity contribution >= 4 is 11.4 Å². The van der Waals surface area contributed by atoms with Gasteiger partial charge in [-0.2, -0.15) is 13.2 Å². The maximum atomic E-state index is 12.8. The second-order valence-corrected chi connectivity index (χ2v) is 4.99. The summed E-state index contributed by atoms with van der Waals surface area (Å²) >= 11 is 0. The van der Waals surface area contributed by atoms with Gasteiger partial charge in [-0.15, -0.1) is 0 Å². The Morgan fingerprint density at radius 3 is 2.22 bits per heavy atom. The maximum Gasteiger partial charge on any atom is 0.418 e. The Morgan fingerprint density at radius 2 is 1.78 bits per heavy atom. The Hall–Kier alpha value is -1.39. The summed E-state index contributed by atoms with van der Waals surface area (Å²) in [4.78, 5) is 1.84. The van der Waals surface area contributed by atoms with Crippen LogP contribution in [0.3, 0.4) is 0 Å². The van der Waals surface area contributed by atoms with E-state index in [4.69, 9.17) is 5.73 Å². The number of benzene rings is 1. The quantitative estimate of drug-likeness (QED) is 0.835. The van der Waals surface area contributed by atoms with Crippen LogP contribution in [-0.2, 0) is 6.18 Å². The van der Waals surface area contributed by atoms with Crippen LogP contribution in [0.25, 0.3) is 0 Å². The molecule has 1 rings (SSSR count). The highest BCUT2D eigenvalue weighted by atomic mass is 19.4. The molecule has 0 unspecified atom stereocenters. The van der Waals surface area contributed by atoms with Gasteiger partial charge in [-0.05, 0) is 38.5 Å². The van der Waals surface area contributed by atoms with Gasteiger partial charge >= 0.3 is 6.18 Å². The fourth-order valence-corrected chi connectivity index (χ4v) is 1.59. The molecule has 0 aliphatic carbocycles. The Bertz CT molecular complexity index is 425. The van der Waals surface area contributed by atoms with Gasteiger partial charge in [-0.3, -0.25) is 0 Å². The molecule has 2 N–H and O–H groups in total. The minimum Gasteiger partial charge on any atom is -0.398 e. The third-order valence-corrected chi connectivity index (χ3v) is 3.50. The van der Waals surface area contributed by atoms with E-state index in [0.717, 1.165) is 12.5 Å². The topological polar surface area (TPSA) is 29.3 Å². The zero-order chi connectivity index (χ0) is 14.1. The summed E-state index contributed by atoms with van der Waals surface area (Å²) in [6.45, 7) is 5.96. The molecule has 1 aromatic carbocycles. The number of alkyl halides is 3. The lowest BCUT2D eigenvalue weighted by atomic mass is 9.98. The number of nitrogens with zero attached hydrogens (tertiary/aromatic N) is 1. The van der Waals surface area contributed by atoms with Crippen LogP contribution in [0.4, 0.5) is 24.5 Å². The second-order valence-electron chi connectivity index (χ2n) is 4.99. The summed E-state index contributed by atoms with van der Waals surface area (Å²) in [5.41, 5.74) is 4.67. The molecule has 0 radical (unpaired) electrons. The summed E-state index contributed by atoms with van der Waals surface area (Å²) in [6.07, 6.45) is -3.59. The first-order chi connectivity index (χ1) is 8.09. The average molecular weight is 260 g/mol. The first-order valence-electron chi connectivity index (χ1n) is 5.80. The zero-order valence-corrected chi connectivity index (χ0v) is 11.1. The van der Waals surface area contributed by atoms with E-state index in [-0.39, 0.29) is 11.2 Å². The van der Waals surface area contributed by atoms with Gasteiger partial charge in [0, 0.05) is 24.0 Å². The monoisotopic (exact) mass is 260 g/mol. The normalized spacial score (nSPS) is 12.6. The smallest absolute Gasteiger partial charge is 0.398 e. The maximum absolute atomic E-state index is 12.8. The lowest BCUT2D eigenvalue weighted by Gasteiger charge is -2.37. The largest absolute Gasteiger partial charge is 0.418 e. The highest BCUT2D eigenvalue weighted by Crippen LogP contribution is 2.37. The molecule has 0 aliphatic heterocycles. The third kappa shape index (κ3) is 2.89. The Kier molecular flexibility index (Phi) is 3.84. The Balaban J connectivity index is 3.21. The molecule has 18 heavy (non-hydrogen) atoms. The van der Waals surface area contributed by atoms with E-state index in [9.17, 15) is 13.2 Å². The van der Waals surface area contributed by atoms with Crippen molar-refractivity contribution in [2.24, 2.45) is 0 Å². The van der Waals surface area contributed by atoms with Crippen molar-refractivity contribution in [2.75, 3.05) is 17.7 Å². The van der Waals surface area contributed by atoms with Crippen LogP contribution in [0.15, 0.2) is 18.2 Å². The number of hydrogen-bond acceptors (Lipinski definition) is 2. The summed E-state index contributed by atoms with van der Waals surface area (Å²) in [5.74, 6) is 0. The predicted octanol–water partition coefficient (Wildman–Crippen LogP) is 3.91. The summed E-state index contributed by atoms with van der Waals surface area (Å²) in [6, 6.07) is 4.02. The molecule has 102 valence electrons. The van der Waals surface area contributed by atoms with Crippen LogP contribution in [0.5, 0.6) is 0 Å². The number of rotatable bonds is 3. The van der Waals surface area contributed by atoms with Crippen molar-refractivity contribution in [1.82, 2.24) is 0 Å². The standard InChI is InChI=1S/C13H19F3N2/c1-5-12(2,3)18(4)9-6-7-11(17)10(8-9)13(14,15)16/h6-8H,5,17H2,1-4H3. The van der Waals surface area contributed by atoms with E-state index in [2.05, 4.69) is 0 Å². The molecule has 0 saturated heterocycles. The molecule has 0 bridgehead atoms. The SMILES string of the molecule is CCC(C)(C)N(C)c1ccc(N)c(C(F)(F)F)c1. The molecule has 0 aliphatic rings. The number of nitrogen functional groups attached to an aromatic ring is 1. The van der Waals surface area contributed by atoms with Crippen molar-refractivity contribution in [3.05, 3.63) is 23.8 Å². The van der Waals surface area contributed by atoms with Gasteiger partial charge in [0.05, 0.1) is 5.56 Å². The Labute approximate surface area is 106 Å². The fraction of sp³-hybridized carbons (Fsp3) is 0.538. The highest BCUT2D eigenvalue weighted by molar-refractivity contribution is 5.60. The van der Waals surface area contributed by atoms with Crippen LogP contribution in [-0.4, -0.2) is 12.6 Å². The fourth-order valence-electron chi connectivity index (χ4n) is 1.59. The van der Waals surface area contributed by atoms with Crippen LogP contribution in [0.2, 0.25) is 0 Å². The summed E-state index contributed by atoms with van der Waals surface area (Å²) in [5, 5.41) is 0. The summed E-state index contributed by atoms with van der Waals surface area (Å²) < 4.78 is 38.3. The van der Waals surface area contributed by atoms with Crippen molar-refractivity contribution < 1.29 is 13.2 Å². The first kappa shape index (κ1) is 14.7. The van der Waals surface area contributed by atoms with E-state index in [0.29, 0.717) is 5.69 Å². The van der Waals surface area contributed by atoms with Gasteiger partial charge in [0.1, 0.15) is 0 Å². The molecule has 0 aromatic heterocycles. The molecular formula is C13H19F3N2. The Morgan fingerprint density at radius 1 is 1.22 bits per heavy atom. The molecular weight excluding hydrogens is 241 g/mol.